The number of carbonyl (C=O) groups excluding carboxylic acids is 1. The zero-order valence-electron chi connectivity index (χ0n) is 22.4. The summed E-state index contributed by atoms with van der Waals surface area (Å²) in [6.07, 6.45) is 3.09. The summed E-state index contributed by atoms with van der Waals surface area (Å²) >= 11 is 6.75. The molecule has 3 aromatic rings. The Morgan fingerprint density at radius 3 is 2.46 bits per heavy atom. The van der Waals surface area contributed by atoms with Crippen LogP contribution in [0.1, 0.15) is 59.9 Å². The molecule has 0 aliphatic heterocycles. The molecule has 9 nitrogen and oxygen atoms in total. The van der Waals surface area contributed by atoms with E-state index in [2.05, 4.69) is 15.0 Å². The number of anilines is 2. The fourth-order valence-electron chi connectivity index (χ4n) is 4.24. The third-order valence-corrected chi connectivity index (χ3v) is 6.89. The van der Waals surface area contributed by atoms with Gasteiger partial charge in [0.25, 0.3) is 5.91 Å². The van der Waals surface area contributed by atoms with Crippen LogP contribution in [-0.4, -0.2) is 65.2 Å². The van der Waals surface area contributed by atoms with Crippen LogP contribution in [0.3, 0.4) is 0 Å². The summed E-state index contributed by atoms with van der Waals surface area (Å²) in [6, 6.07) is 5.23. The minimum atomic E-state index is -0.246. The van der Waals surface area contributed by atoms with Crippen molar-refractivity contribution in [3.63, 3.8) is 0 Å². The topological polar surface area (TPSA) is 118 Å². The molecule has 37 heavy (non-hydrogen) atoms. The van der Waals surface area contributed by atoms with E-state index in [0.29, 0.717) is 40.3 Å². The first kappa shape index (κ1) is 28.1. The maximum absolute atomic E-state index is 12.3. The van der Waals surface area contributed by atoms with Gasteiger partial charge < -0.3 is 25.4 Å². The molecule has 1 aromatic carbocycles. The highest BCUT2D eigenvalue weighted by Gasteiger charge is 2.27. The lowest BCUT2D eigenvalue weighted by atomic mass is 9.93. The molecule has 0 aliphatic carbocycles. The molecule has 2 atom stereocenters. The van der Waals surface area contributed by atoms with Crippen molar-refractivity contribution >= 4 is 29.1 Å². The lowest BCUT2D eigenvalue weighted by Crippen LogP contribution is -2.26. The van der Waals surface area contributed by atoms with Gasteiger partial charge in [-0.3, -0.25) is 9.78 Å². The standard InChI is InChI=1S/C27H35ClN6O3/c1-8-37-24-19(17(4)34(7)26-22(15(2)13-35)25(29)31-14-32-26)11-20(28)16(3)23(24)18-9-10-21(30-12-18)27(36)33(5)6/h9-12,14-15,17,35H,8,13H2,1-7H3,(H2,29,31,32). The normalized spacial score (nSPS) is 12.7. The summed E-state index contributed by atoms with van der Waals surface area (Å²) in [5.74, 6) is 1.21. The molecule has 0 saturated heterocycles. The summed E-state index contributed by atoms with van der Waals surface area (Å²) < 4.78 is 6.22. The molecule has 2 aromatic heterocycles. The fourth-order valence-corrected chi connectivity index (χ4v) is 4.45. The van der Waals surface area contributed by atoms with Gasteiger partial charge in [-0.15, -0.1) is 0 Å². The van der Waals surface area contributed by atoms with Crippen molar-refractivity contribution in [2.45, 2.75) is 39.7 Å². The molecule has 198 valence electrons. The SMILES string of the molecule is CCOc1c(C(C)N(C)c2ncnc(N)c2C(C)CO)cc(Cl)c(C)c1-c1ccc(C(=O)N(C)C)nc1. The number of nitrogens with two attached hydrogens (primary N) is 1. The van der Waals surface area contributed by atoms with Crippen molar-refractivity contribution in [3.8, 4) is 16.9 Å². The van der Waals surface area contributed by atoms with Crippen molar-refractivity contribution in [1.82, 2.24) is 19.9 Å². The van der Waals surface area contributed by atoms with Crippen LogP contribution in [0.15, 0.2) is 30.7 Å². The van der Waals surface area contributed by atoms with Gasteiger partial charge in [-0.2, -0.15) is 0 Å². The van der Waals surface area contributed by atoms with Gasteiger partial charge >= 0.3 is 0 Å². The fraction of sp³-hybridized carbons (Fsp3) is 0.407. The maximum atomic E-state index is 12.3. The van der Waals surface area contributed by atoms with Crippen molar-refractivity contribution in [1.29, 1.82) is 0 Å². The summed E-state index contributed by atoms with van der Waals surface area (Å²) in [7, 11) is 5.29. The summed E-state index contributed by atoms with van der Waals surface area (Å²) in [5, 5.41) is 10.4. The van der Waals surface area contributed by atoms with E-state index in [4.69, 9.17) is 22.1 Å². The van der Waals surface area contributed by atoms with Gasteiger partial charge in [-0.25, -0.2) is 9.97 Å². The number of aliphatic hydroxyl groups is 1. The van der Waals surface area contributed by atoms with Crippen molar-refractivity contribution in [3.05, 3.63) is 58.1 Å². The Hall–Kier alpha value is -3.43. The van der Waals surface area contributed by atoms with Crippen LogP contribution in [-0.2, 0) is 0 Å². The van der Waals surface area contributed by atoms with Crippen molar-refractivity contribution in [2.75, 3.05) is 45.0 Å². The van der Waals surface area contributed by atoms with Gasteiger partial charge in [0.1, 0.15) is 29.4 Å². The molecule has 0 radical (unpaired) electrons. The van der Waals surface area contributed by atoms with Crippen molar-refractivity contribution < 1.29 is 14.6 Å². The third kappa shape index (κ3) is 5.62. The smallest absolute Gasteiger partial charge is 0.271 e. The number of hydrogen-bond acceptors (Lipinski definition) is 8. The molecule has 2 heterocycles. The number of pyridine rings is 1. The van der Waals surface area contributed by atoms with E-state index in [1.54, 1.807) is 26.4 Å². The first-order valence-electron chi connectivity index (χ1n) is 12.1. The molecule has 3 N–H and O–H groups in total. The number of rotatable bonds is 9. The number of halogens is 1. The number of aromatic nitrogens is 3. The predicted octanol–water partition coefficient (Wildman–Crippen LogP) is 4.48. The quantitative estimate of drug-likeness (QED) is 0.419. The number of carbonyl (C=O) groups is 1. The Morgan fingerprint density at radius 1 is 1.19 bits per heavy atom. The van der Waals surface area contributed by atoms with Crippen LogP contribution in [0.4, 0.5) is 11.6 Å². The molecule has 10 heteroatoms. The molecule has 0 saturated carbocycles. The van der Waals surface area contributed by atoms with Gasteiger partial charge in [0.15, 0.2) is 0 Å². The monoisotopic (exact) mass is 526 g/mol. The molecular weight excluding hydrogens is 492 g/mol. The first-order valence-corrected chi connectivity index (χ1v) is 12.5. The zero-order valence-corrected chi connectivity index (χ0v) is 23.2. The van der Waals surface area contributed by atoms with Gasteiger partial charge in [0.05, 0.1) is 12.6 Å². The molecular formula is C27H35ClN6O3. The second kappa shape index (κ2) is 11.7. The lowest BCUT2D eigenvalue weighted by Gasteiger charge is -2.31. The highest BCUT2D eigenvalue weighted by Crippen LogP contribution is 2.44. The average Bonchev–Trinajstić information content (AvgIpc) is 2.89. The van der Waals surface area contributed by atoms with Crippen LogP contribution < -0.4 is 15.4 Å². The highest BCUT2D eigenvalue weighted by atomic mass is 35.5. The number of nitrogen functional groups attached to an aromatic ring is 1. The van der Waals surface area contributed by atoms with Crippen LogP contribution in [0.5, 0.6) is 5.75 Å². The number of benzene rings is 1. The highest BCUT2D eigenvalue weighted by molar-refractivity contribution is 6.32. The van der Waals surface area contributed by atoms with Gasteiger partial charge in [0.2, 0.25) is 0 Å². The summed E-state index contributed by atoms with van der Waals surface area (Å²) in [5.41, 5.74) is 10.5. The third-order valence-electron chi connectivity index (χ3n) is 6.50. The van der Waals surface area contributed by atoms with Gasteiger partial charge in [-0.05, 0) is 38.5 Å². The van der Waals surface area contributed by atoms with Crippen LogP contribution in [0, 0.1) is 6.92 Å². The average molecular weight is 527 g/mol. The van der Waals surface area contributed by atoms with Crippen LogP contribution in [0.2, 0.25) is 5.02 Å². The molecule has 2 unspecified atom stereocenters. The molecule has 0 bridgehead atoms. The van der Waals surface area contributed by atoms with Crippen LogP contribution in [0.25, 0.3) is 11.1 Å². The Morgan fingerprint density at radius 2 is 1.89 bits per heavy atom. The number of amides is 1. The van der Waals surface area contributed by atoms with E-state index in [9.17, 15) is 9.90 Å². The van der Waals surface area contributed by atoms with Crippen LogP contribution >= 0.6 is 11.6 Å². The van der Waals surface area contributed by atoms with E-state index in [-0.39, 0.29) is 24.5 Å². The minimum Gasteiger partial charge on any atom is -0.493 e. The van der Waals surface area contributed by atoms with E-state index in [0.717, 1.165) is 22.3 Å². The molecule has 0 fully saturated rings. The minimum absolute atomic E-state index is 0.0865. The second-order valence-electron chi connectivity index (χ2n) is 9.21. The van der Waals surface area contributed by atoms with Gasteiger partial charge in [0, 0.05) is 67.1 Å². The molecule has 1 amide bonds. The van der Waals surface area contributed by atoms with E-state index in [1.807, 2.05) is 51.8 Å². The number of ether oxygens (including phenoxy) is 1. The Labute approximate surface area is 223 Å². The lowest BCUT2D eigenvalue weighted by molar-refractivity contribution is 0.0822. The Balaban J connectivity index is 2.16. The van der Waals surface area contributed by atoms with E-state index in [1.165, 1.54) is 11.2 Å². The molecule has 3 rings (SSSR count). The second-order valence-corrected chi connectivity index (χ2v) is 9.62. The molecule has 0 spiro atoms. The zero-order chi connectivity index (χ0) is 27.4. The van der Waals surface area contributed by atoms with E-state index >= 15 is 0 Å². The first-order chi connectivity index (χ1) is 17.5. The number of nitrogens with zero attached hydrogens (tertiary/aromatic N) is 5. The largest absolute Gasteiger partial charge is 0.493 e. The summed E-state index contributed by atoms with van der Waals surface area (Å²) in [4.78, 5) is 28.8. The molecule has 0 aliphatic rings. The van der Waals surface area contributed by atoms with Gasteiger partial charge in [-0.1, -0.05) is 24.6 Å². The number of hydrogen-bond donors (Lipinski definition) is 2. The predicted molar refractivity (Wildman–Crippen MR) is 147 cm³/mol. The Kier molecular flexibility index (Phi) is 8.94. The summed E-state index contributed by atoms with van der Waals surface area (Å²) in [6.45, 7) is 8.11. The Bertz CT molecular complexity index is 1270. The number of aliphatic hydroxyl groups excluding tert-OH is 1. The maximum Gasteiger partial charge on any atom is 0.271 e. The van der Waals surface area contributed by atoms with E-state index < -0.39 is 0 Å². The van der Waals surface area contributed by atoms with Crippen molar-refractivity contribution in [2.24, 2.45) is 0 Å².